The van der Waals surface area contributed by atoms with Gasteiger partial charge >= 0.3 is 5.97 Å². The molecule has 31 nitrogen and oxygen atoms in total. The standard InChI is InChI=1S/C60H98N12O19/c1-7-8-9-10-11-12-13-14-15-16-17-18-19-20-40(61)51(81)60(90)71-48(37(6)75)58(88)72-49(50(80)38-21-23-39(76)24-22-38)59(89)69-43(33-74)56(86)68-41(26-29-73)54(84)64-32-45(78)67-42-27-30-91-46(79)25-28-62-52(82)35(4)65-44(77)31-63-53(83)36(5)66-57(87)47(34(2)3)70-55(42)85/h21-24,34-35,37,40-43,47-51,73-76,80-81H,5,7-20,25-33,61H2,1-4,6H3,(H,62,82)(H,63,83)(H,64,84)(H,65,77)(H,66,87)(H,67,78)(H,68,86)(H,69,89)(H,70,85)(H,71,90)(H,72,88)/t35-,37+,40?,41-,42?,43-,47?,48-,49-,50?,51?/m0/s1. The zero-order valence-electron chi connectivity index (χ0n) is 52.8. The topological polar surface area (TPSA) is 494 Å². The first-order valence-electron chi connectivity index (χ1n) is 31.1. The zero-order chi connectivity index (χ0) is 68.2. The summed E-state index contributed by atoms with van der Waals surface area (Å²) < 4.78 is 5.21. The van der Waals surface area contributed by atoms with E-state index in [1.807, 2.05) is 0 Å². The molecule has 0 aliphatic carbocycles. The second-order valence-electron chi connectivity index (χ2n) is 22.8. The Labute approximate surface area is 530 Å². The van der Waals surface area contributed by atoms with Crippen LogP contribution in [0.15, 0.2) is 36.5 Å². The van der Waals surface area contributed by atoms with Gasteiger partial charge in [-0.2, -0.15) is 0 Å². The van der Waals surface area contributed by atoms with Crippen LogP contribution in [0.1, 0.15) is 155 Å². The first-order valence-corrected chi connectivity index (χ1v) is 31.1. The largest absolute Gasteiger partial charge is 0.508 e. The third-order valence-corrected chi connectivity index (χ3v) is 14.7. The lowest BCUT2D eigenvalue weighted by Gasteiger charge is -2.29. The van der Waals surface area contributed by atoms with E-state index >= 15 is 0 Å². The Balaban J connectivity index is 2.21. The molecule has 0 spiro atoms. The number of cyclic esters (lactones) is 1. The Kier molecular flexibility index (Phi) is 37.5. The Morgan fingerprint density at radius 3 is 1.84 bits per heavy atom. The molecule has 11 atom stereocenters. The Bertz CT molecular complexity index is 2560. The molecule has 0 saturated carbocycles. The number of aromatic hydroxyl groups is 1. The highest BCUT2D eigenvalue weighted by atomic mass is 16.5. The van der Waals surface area contributed by atoms with Gasteiger partial charge in [0.2, 0.25) is 53.2 Å². The number of rotatable bonds is 34. The SMILES string of the molecule is C=C1NC(=O)C(C(C)C)NC(=O)C(NC(=O)CNC(=O)[C@H](CCO)NC(=O)[C@H](CO)NC(=O)[C@@H](NC(=O)[C@@H](NC(=O)C(O)C(N)CCCCCCCCCCCCCCC)[C@@H](C)O)C(O)c2ccc(O)cc2)CCOC(=O)CCNC(=O)[C@H](C)NC(=O)CNC1=O. The van der Waals surface area contributed by atoms with Gasteiger partial charge in [-0.15, -0.1) is 0 Å². The maximum absolute atomic E-state index is 14.1. The van der Waals surface area contributed by atoms with E-state index in [4.69, 9.17) is 10.5 Å². The molecular formula is C60H98N12O19. The number of hydrogen-bond donors (Lipinski definition) is 18. The second-order valence-corrected chi connectivity index (χ2v) is 22.8. The molecule has 512 valence electrons. The number of phenolic OH excluding ortho intramolecular Hbond substituents is 1. The van der Waals surface area contributed by atoms with Gasteiger partial charge in [-0.1, -0.05) is 123 Å². The van der Waals surface area contributed by atoms with Crippen LogP contribution in [-0.2, 0) is 62.3 Å². The van der Waals surface area contributed by atoms with Crippen molar-refractivity contribution in [3.05, 3.63) is 42.1 Å². The van der Waals surface area contributed by atoms with E-state index < -0.39 is 195 Å². The van der Waals surface area contributed by atoms with Gasteiger partial charge in [-0.25, -0.2) is 0 Å². The fraction of sp³-hybridized carbons (Fsp3) is 0.667. The summed E-state index contributed by atoms with van der Waals surface area (Å²) in [6.45, 7) is 6.96. The molecule has 1 aromatic rings. The van der Waals surface area contributed by atoms with Crippen molar-refractivity contribution in [2.24, 2.45) is 11.7 Å². The van der Waals surface area contributed by atoms with Crippen LogP contribution >= 0.6 is 0 Å². The molecule has 0 bridgehead atoms. The van der Waals surface area contributed by atoms with E-state index in [0.717, 1.165) is 51.2 Å². The molecule has 0 aromatic heterocycles. The fourth-order valence-corrected chi connectivity index (χ4v) is 9.22. The fourth-order valence-electron chi connectivity index (χ4n) is 9.22. The average Bonchev–Trinajstić information content (AvgIpc) is 1.94. The number of benzene rings is 1. The number of unbranched alkanes of at least 4 members (excludes halogenated alkanes) is 12. The quantitative estimate of drug-likeness (QED) is 0.0183. The van der Waals surface area contributed by atoms with Crippen molar-refractivity contribution >= 4 is 70.9 Å². The lowest BCUT2D eigenvalue weighted by atomic mass is 9.99. The molecule has 91 heavy (non-hydrogen) atoms. The molecule has 5 unspecified atom stereocenters. The van der Waals surface area contributed by atoms with E-state index in [-0.39, 0.29) is 30.7 Å². The highest BCUT2D eigenvalue weighted by molar-refractivity contribution is 6.01. The normalized spacial score (nSPS) is 19.3. The molecule has 0 radical (unpaired) electrons. The summed E-state index contributed by atoms with van der Waals surface area (Å²) >= 11 is 0. The molecule has 11 amide bonds. The van der Waals surface area contributed by atoms with E-state index in [9.17, 15) is 88.2 Å². The van der Waals surface area contributed by atoms with Crippen molar-refractivity contribution in [3.63, 3.8) is 0 Å². The van der Waals surface area contributed by atoms with Gasteiger partial charge < -0.3 is 99.6 Å². The van der Waals surface area contributed by atoms with Crippen LogP contribution in [0.4, 0.5) is 0 Å². The van der Waals surface area contributed by atoms with Crippen molar-refractivity contribution in [1.82, 2.24) is 58.5 Å². The third-order valence-electron chi connectivity index (χ3n) is 14.7. The molecule has 1 aromatic carbocycles. The number of carbonyl (C=O) groups excluding carboxylic acids is 12. The number of phenols is 1. The zero-order valence-corrected chi connectivity index (χ0v) is 52.8. The molecule has 31 heteroatoms. The third kappa shape index (κ3) is 30.2. The van der Waals surface area contributed by atoms with Crippen molar-refractivity contribution < 1.29 is 92.9 Å². The number of aliphatic hydroxyl groups is 5. The van der Waals surface area contributed by atoms with E-state index in [0.29, 0.717) is 6.42 Å². The van der Waals surface area contributed by atoms with Crippen LogP contribution in [0.2, 0.25) is 0 Å². The number of nitrogens with one attached hydrogen (secondary N) is 11. The summed E-state index contributed by atoms with van der Waals surface area (Å²) in [7, 11) is 0. The van der Waals surface area contributed by atoms with Gasteiger partial charge in [0.25, 0.3) is 11.8 Å². The summed E-state index contributed by atoms with van der Waals surface area (Å²) in [6, 6.07) is -8.14. The average molecular weight is 1290 g/mol. The highest BCUT2D eigenvalue weighted by Crippen LogP contribution is 2.21. The van der Waals surface area contributed by atoms with E-state index in [2.05, 4.69) is 72.0 Å². The minimum Gasteiger partial charge on any atom is -0.508 e. The summed E-state index contributed by atoms with van der Waals surface area (Å²) in [5.74, 6) is -13.4. The second kappa shape index (κ2) is 43.0. The number of nitrogens with two attached hydrogens (primary N) is 1. The highest BCUT2D eigenvalue weighted by Gasteiger charge is 2.38. The lowest BCUT2D eigenvalue weighted by molar-refractivity contribution is -0.144. The molecule has 1 saturated heterocycles. The monoisotopic (exact) mass is 1290 g/mol. The van der Waals surface area contributed by atoms with Gasteiger partial charge in [0.05, 0.1) is 44.5 Å². The molecule has 1 aliphatic heterocycles. The number of amides is 11. The maximum Gasteiger partial charge on any atom is 0.307 e. The van der Waals surface area contributed by atoms with Crippen LogP contribution in [-0.4, -0.2) is 202 Å². The van der Waals surface area contributed by atoms with Crippen molar-refractivity contribution in [2.45, 2.75) is 210 Å². The number of carbonyl (C=O) groups is 12. The van der Waals surface area contributed by atoms with Crippen molar-refractivity contribution in [3.8, 4) is 5.75 Å². The Hall–Kier alpha value is -7.84. The molecule has 1 fully saturated rings. The predicted molar refractivity (Wildman–Crippen MR) is 328 cm³/mol. The minimum atomic E-state index is -2.10. The molecular weight excluding hydrogens is 1190 g/mol. The smallest absolute Gasteiger partial charge is 0.307 e. The van der Waals surface area contributed by atoms with E-state index in [1.54, 1.807) is 0 Å². The first-order chi connectivity index (χ1) is 43.1. The number of aliphatic hydroxyl groups excluding tert-OH is 5. The van der Waals surface area contributed by atoms with Crippen LogP contribution in [0.3, 0.4) is 0 Å². The maximum atomic E-state index is 14.1. The van der Waals surface area contributed by atoms with E-state index in [1.165, 1.54) is 77.8 Å². The van der Waals surface area contributed by atoms with Crippen LogP contribution in [0.5, 0.6) is 5.75 Å². The summed E-state index contributed by atoms with van der Waals surface area (Å²) in [5.41, 5.74) is 5.57. The summed E-state index contributed by atoms with van der Waals surface area (Å²) in [5, 5.41) is 88.3. The van der Waals surface area contributed by atoms with Gasteiger partial charge in [-0.3, -0.25) is 57.5 Å². The van der Waals surface area contributed by atoms with Crippen LogP contribution in [0.25, 0.3) is 0 Å². The first kappa shape index (κ1) is 79.3. The van der Waals surface area contributed by atoms with Crippen LogP contribution in [0, 0.1) is 5.92 Å². The molecule has 2 rings (SSSR count). The molecule has 19 N–H and O–H groups in total. The van der Waals surface area contributed by atoms with Crippen molar-refractivity contribution in [1.29, 1.82) is 0 Å². The number of hydrogen-bond acceptors (Lipinski definition) is 20. The Morgan fingerprint density at radius 1 is 0.692 bits per heavy atom. The number of esters is 1. The predicted octanol–water partition coefficient (Wildman–Crippen LogP) is -3.26. The Morgan fingerprint density at radius 2 is 1.26 bits per heavy atom. The summed E-state index contributed by atoms with van der Waals surface area (Å²) in [6.07, 6.45) is 7.81. The minimum absolute atomic E-state index is 0.0836. The molecule has 1 aliphatic rings. The van der Waals surface area contributed by atoms with Gasteiger partial charge in [0, 0.05) is 25.6 Å². The van der Waals surface area contributed by atoms with Gasteiger partial charge in [-0.05, 0) is 50.3 Å². The van der Waals surface area contributed by atoms with Gasteiger partial charge in [0.1, 0.15) is 60.3 Å². The molecule has 1 heterocycles. The van der Waals surface area contributed by atoms with Crippen LogP contribution < -0.4 is 64.2 Å². The number of ether oxygens (including phenoxy) is 1. The van der Waals surface area contributed by atoms with Gasteiger partial charge in [0.15, 0.2) is 0 Å². The lowest BCUT2D eigenvalue weighted by Crippen LogP contribution is -2.62. The summed E-state index contributed by atoms with van der Waals surface area (Å²) in [4.78, 5) is 159. The van der Waals surface area contributed by atoms with Crippen molar-refractivity contribution in [2.75, 3.05) is 39.5 Å².